The summed E-state index contributed by atoms with van der Waals surface area (Å²) in [5, 5.41) is 12.2. The Morgan fingerprint density at radius 1 is 0.778 bits per heavy atom. The first kappa shape index (κ1) is 30.1. The Morgan fingerprint density at radius 3 is 1.89 bits per heavy atom. The Balaban J connectivity index is 0.989. The molecule has 0 spiro atoms. The molecule has 0 radical (unpaired) electrons. The molecule has 0 saturated carbocycles. The predicted molar refractivity (Wildman–Crippen MR) is 173 cm³/mol. The van der Waals surface area contributed by atoms with E-state index in [0.29, 0.717) is 52.4 Å². The maximum Gasteiger partial charge on any atom is 0.272 e. The van der Waals surface area contributed by atoms with E-state index in [0.717, 1.165) is 29.7 Å². The average molecular weight is 649 g/mol. The number of aromatic amines is 3. The number of amides is 4. The van der Waals surface area contributed by atoms with Crippen molar-refractivity contribution in [2.75, 3.05) is 55.3 Å². The van der Waals surface area contributed by atoms with Crippen LogP contribution in [0.25, 0.3) is 10.1 Å². The van der Waals surface area contributed by atoms with Crippen LogP contribution < -0.4 is 21.3 Å². The van der Waals surface area contributed by atoms with Gasteiger partial charge in [0.25, 0.3) is 23.6 Å². The highest BCUT2D eigenvalue weighted by Crippen LogP contribution is 2.35. The van der Waals surface area contributed by atoms with E-state index in [1.54, 1.807) is 6.07 Å². The number of nitrogens with one attached hydrogen (secondary N) is 7. The van der Waals surface area contributed by atoms with Crippen LogP contribution in [0.15, 0.2) is 61.1 Å². The second kappa shape index (κ2) is 13.4. The Bertz CT molecular complexity index is 1870. The number of thiophene rings is 1. The molecule has 1 fully saturated rings. The molecule has 5 aromatic rings. The molecular weight excluding hydrogens is 620 g/mol. The van der Waals surface area contributed by atoms with Crippen molar-refractivity contribution in [3.63, 3.8) is 0 Å². The molecule has 13 nitrogen and oxygen atoms in total. The number of anilines is 3. The summed E-state index contributed by atoms with van der Waals surface area (Å²) >= 11 is 7.70. The molecule has 15 heteroatoms. The minimum absolute atomic E-state index is 0.197. The summed E-state index contributed by atoms with van der Waals surface area (Å²) in [6.45, 7) is 4.31. The zero-order valence-corrected chi connectivity index (χ0v) is 25.4. The number of carbonyl (C=O) groups excluding carboxylic acids is 4. The molecule has 1 aromatic carbocycles. The molecule has 0 bridgehead atoms. The van der Waals surface area contributed by atoms with Crippen molar-refractivity contribution in [1.29, 1.82) is 0 Å². The molecule has 1 saturated heterocycles. The van der Waals surface area contributed by atoms with Crippen LogP contribution in [-0.2, 0) is 4.74 Å². The highest BCUT2D eigenvalue weighted by molar-refractivity contribution is 7.21. The second-order valence-electron chi connectivity index (χ2n) is 10.2. The molecule has 232 valence electrons. The van der Waals surface area contributed by atoms with Gasteiger partial charge in [0.05, 0.1) is 35.3 Å². The second-order valence-corrected chi connectivity index (χ2v) is 11.6. The van der Waals surface area contributed by atoms with Crippen LogP contribution in [0.3, 0.4) is 0 Å². The highest BCUT2D eigenvalue weighted by atomic mass is 35.5. The monoisotopic (exact) mass is 648 g/mol. The number of carbonyl (C=O) groups is 4. The lowest BCUT2D eigenvalue weighted by Gasteiger charge is -2.26. The molecule has 6 rings (SSSR count). The molecule has 0 atom stereocenters. The number of ether oxygens (including phenoxy) is 1. The normalized spacial score (nSPS) is 13.4. The Kier molecular flexibility index (Phi) is 8.98. The topological polar surface area (TPSA) is 176 Å². The van der Waals surface area contributed by atoms with Crippen LogP contribution in [0.1, 0.15) is 41.1 Å². The number of rotatable bonds is 10. The van der Waals surface area contributed by atoms with Crippen LogP contribution in [-0.4, -0.2) is 82.9 Å². The first-order valence-corrected chi connectivity index (χ1v) is 15.3. The zero-order chi connectivity index (χ0) is 31.3. The molecule has 0 aliphatic carbocycles. The highest BCUT2D eigenvalue weighted by Gasteiger charge is 2.19. The van der Waals surface area contributed by atoms with Gasteiger partial charge >= 0.3 is 0 Å². The van der Waals surface area contributed by atoms with Crippen LogP contribution in [0.4, 0.5) is 17.1 Å². The van der Waals surface area contributed by atoms with Crippen molar-refractivity contribution < 1.29 is 23.9 Å². The van der Waals surface area contributed by atoms with Gasteiger partial charge in [-0.2, -0.15) is 0 Å². The van der Waals surface area contributed by atoms with E-state index in [4.69, 9.17) is 16.3 Å². The third kappa shape index (κ3) is 7.10. The molecule has 1 aliphatic heterocycles. The maximum absolute atomic E-state index is 12.8. The van der Waals surface area contributed by atoms with Crippen molar-refractivity contribution in [3.05, 3.63) is 88.0 Å². The molecule has 5 heterocycles. The van der Waals surface area contributed by atoms with Gasteiger partial charge in [0.15, 0.2) is 0 Å². The van der Waals surface area contributed by atoms with E-state index < -0.39 is 11.8 Å². The summed E-state index contributed by atoms with van der Waals surface area (Å²) in [7, 11) is 0. The SMILES string of the molecule is O=C(NCCN1CCOCC1)c1cc(NC(=O)c2cc(NC(=O)c3cc(NC(=O)c4sc5ccccc5c4Cl)c[nH]3)c[nH]2)c[nH]1. The van der Waals surface area contributed by atoms with Crippen molar-refractivity contribution in [2.24, 2.45) is 0 Å². The van der Waals surface area contributed by atoms with E-state index >= 15 is 0 Å². The fourth-order valence-corrected chi connectivity index (χ4v) is 6.20. The van der Waals surface area contributed by atoms with E-state index in [1.807, 2.05) is 24.3 Å². The molecule has 4 amide bonds. The van der Waals surface area contributed by atoms with Gasteiger partial charge in [0.1, 0.15) is 22.0 Å². The Hall–Kier alpha value is -4.89. The summed E-state index contributed by atoms with van der Waals surface area (Å²) in [6, 6.07) is 12.0. The lowest BCUT2D eigenvalue weighted by atomic mass is 10.2. The van der Waals surface area contributed by atoms with Gasteiger partial charge in [-0.15, -0.1) is 11.3 Å². The van der Waals surface area contributed by atoms with Crippen molar-refractivity contribution >= 4 is 73.7 Å². The van der Waals surface area contributed by atoms with Gasteiger partial charge in [-0.1, -0.05) is 29.8 Å². The minimum Gasteiger partial charge on any atom is -0.379 e. The fraction of sp³-hybridized carbons (Fsp3) is 0.200. The molecule has 7 N–H and O–H groups in total. The number of aromatic nitrogens is 3. The quantitative estimate of drug-likeness (QED) is 0.118. The number of morpholine rings is 1. The Labute approximate surface area is 265 Å². The van der Waals surface area contributed by atoms with Gasteiger partial charge in [-0.05, 0) is 24.3 Å². The third-order valence-electron chi connectivity index (χ3n) is 7.11. The molecule has 4 aromatic heterocycles. The van der Waals surface area contributed by atoms with E-state index in [9.17, 15) is 19.2 Å². The van der Waals surface area contributed by atoms with Crippen LogP contribution in [0.2, 0.25) is 5.02 Å². The minimum atomic E-state index is -0.476. The summed E-state index contributed by atoms with van der Waals surface area (Å²) in [5.41, 5.74) is 1.88. The van der Waals surface area contributed by atoms with Gasteiger partial charge < -0.3 is 41.0 Å². The van der Waals surface area contributed by atoms with Crippen molar-refractivity contribution in [2.45, 2.75) is 0 Å². The standard InChI is InChI=1S/C30H29ClN8O5S/c31-25-20-3-1-2-4-24(20)45-26(25)30(43)38-19-13-23(35-16-19)29(42)37-18-12-22(34-15-18)28(41)36-17-11-21(33-14-17)27(40)32-5-6-39-7-9-44-10-8-39/h1-4,11-16,33-35H,5-10H2,(H,32,40)(H,36,41)(H,37,42)(H,38,43). The third-order valence-corrected chi connectivity index (χ3v) is 8.79. The molecule has 1 aliphatic rings. The largest absolute Gasteiger partial charge is 0.379 e. The number of fused-ring (bicyclic) bond motifs is 1. The van der Waals surface area contributed by atoms with Gasteiger partial charge in [0.2, 0.25) is 0 Å². The smallest absolute Gasteiger partial charge is 0.272 e. The molecule has 0 unspecified atom stereocenters. The van der Waals surface area contributed by atoms with Gasteiger partial charge in [0, 0.05) is 54.9 Å². The number of H-pyrrole nitrogens is 3. The molecular formula is C30H29ClN8O5S. The van der Waals surface area contributed by atoms with Crippen LogP contribution >= 0.6 is 22.9 Å². The Morgan fingerprint density at radius 2 is 1.31 bits per heavy atom. The van der Waals surface area contributed by atoms with E-state index in [1.165, 1.54) is 42.1 Å². The zero-order valence-electron chi connectivity index (χ0n) is 23.8. The van der Waals surface area contributed by atoms with Crippen LogP contribution in [0, 0.1) is 0 Å². The van der Waals surface area contributed by atoms with E-state index in [2.05, 4.69) is 41.1 Å². The van der Waals surface area contributed by atoms with E-state index in [-0.39, 0.29) is 23.2 Å². The lowest BCUT2D eigenvalue weighted by molar-refractivity contribution is 0.0383. The lowest BCUT2D eigenvalue weighted by Crippen LogP contribution is -2.41. The summed E-state index contributed by atoms with van der Waals surface area (Å²) in [5.74, 6) is -1.59. The first-order valence-electron chi connectivity index (χ1n) is 14.1. The maximum atomic E-state index is 12.8. The average Bonchev–Trinajstić information content (AvgIpc) is 3.85. The number of hydrogen-bond donors (Lipinski definition) is 7. The molecule has 45 heavy (non-hydrogen) atoms. The summed E-state index contributed by atoms with van der Waals surface area (Å²) in [4.78, 5) is 62.0. The summed E-state index contributed by atoms with van der Waals surface area (Å²) < 4.78 is 6.23. The summed E-state index contributed by atoms with van der Waals surface area (Å²) in [6.07, 6.45) is 4.50. The van der Waals surface area contributed by atoms with Crippen molar-refractivity contribution in [3.8, 4) is 0 Å². The van der Waals surface area contributed by atoms with Crippen LogP contribution in [0.5, 0.6) is 0 Å². The first-order chi connectivity index (χ1) is 21.8. The number of benzene rings is 1. The number of nitrogens with zero attached hydrogens (tertiary/aromatic N) is 1. The number of hydrogen-bond acceptors (Lipinski definition) is 7. The van der Waals surface area contributed by atoms with Crippen molar-refractivity contribution in [1.82, 2.24) is 25.2 Å². The van der Waals surface area contributed by atoms with Gasteiger partial charge in [-0.25, -0.2) is 0 Å². The number of halogens is 1. The predicted octanol–water partition coefficient (Wildman–Crippen LogP) is 4.36. The van der Waals surface area contributed by atoms with Gasteiger partial charge in [-0.3, -0.25) is 24.1 Å². The fourth-order valence-electron chi connectivity index (χ4n) is 4.79.